The van der Waals surface area contributed by atoms with E-state index in [1.807, 2.05) is 30.3 Å². The number of anilines is 1. The molecule has 0 aliphatic rings. The molecule has 0 atom stereocenters. The van der Waals surface area contributed by atoms with E-state index in [9.17, 15) is 4.39 Å². The van der Waals surface area contributed by atoms with Crippen LogP contribution in [0.3, 0.4) is 0 Å². The van der Waals surface area contributed by atoms with Gasteiger partial charge in [-0.1, -0.05) is 29.8 Å². The largest absolute Gasteiger partial charge is 0.381 e. The van der Waals surface area contributed by atoms with Crippen LogP contribution in [0.25, 0.3) is 10.9 Å². The molecule has 1 aromatic heterocycles. The SMILES string of the molecule is Fc1c(Cl)cccc1CNc1ccc2ncccc2c1. The average molecular weight is 287 g/mol. The zero-order valence-electron chi connectivity index (χ0n) is 10.6. The van der Waals surface area contributed by atoms with Crippen molar-refractivity contribution < 1.29 is 4.39 Å². The van der Waals surface area contributed by atoms with Crippen LogP contribution >= 0.6 is 11.6 Å². The third-order valence-electron chi connectivity index (χ3n) is 3.12. The number of nitrogens with one attached hydrogen (secondary N) is 1. The van der Waals surface area contributed by atoms with E-state index in [0.29, 0.717) is 12.1 Å². The van der Waals surface area contributed by atoms with E-state index in [1.54, 1.807) is 24.4 Å². The van der Waals surface area contributed by atoms with Crippen LogP contribution in [0.1, 0.15) is 5.56 Å². The summed E-state index contributed by atoms with van der Waals surface area (Å²) in [6.07, 6.45) is 1.76. The van der Waals surface area contributed by atoms with Gasteiger partial charge < -0.3 is 5.32 Å². The Balaban J connectivity index is 1.81. The van der Waals surface area contributed by atoms with E-state index in [1.165, 1.54) is 0 Å². The van der Waals surface area contributed by atoms with Gasteiger partial charge in [-0.15, -0.1) is 0 Å². The second-order valence-electron chi connectivity index (χ2n) is 4.48. The second-order valence-corrected chi connectivity index (χ2v) is 4.88. The zero-order valence-corrected chi connectivity index (χ0v) is 11.4. The number of rotatable bonds is 3. The molecule has 3 aromatic rings. The Morgan fingerprint density at radius 1 is 1.10 bits per heavy atom. The molecule has 0 unspecified atom stereocenters. The molecule has 0 aliphatic heterocycles. The van der Waals surface area contributed by atoms with Crippen molar-refractivity contribution >= 4 is 28.2 Å². The first-order valence-electron chi connectivity index (χ1n) is 6.25. The van der Waals surface area contributed by atoms with Gasteiger partial charge in [0.2, 0.25) is 0 Å². The average Bonchev–Trinajstić information content (AvgIpc) is 2.48. The molecule has 3 rings (SSSR count). The molecule has 2 aromatic carbocycles. The van der Waals surface area contributed by atoms with Crippen LogP contribution in [0.15, 0.2) is 54.7 Å². The van der Waals surface area contributed by atoms with Gasteiger partial charge in [0.15, 0.2) is 0 Å². The van der Waals surface area contributed by atoms with Crippen LogP contribution in [0.4, 0.5) is 10.1 Å². The molecule has 0 aliphatic carbocycles. The van der Waals surface area contributed by atoms with Crippen LogP contribution < -0.4 is 5.32 Å². The first-order chi connectivity index (χ1) is 9.74. The Morgan fingerprint density at radius 3 is 2.90 bits per heavy atom. The van der Waals surface area contributed by atoms with Gasteiger partial charge in [0.1, 0.15) is 5.82 Å². The first kappa shape index (κ1) is 12.9. The van der Waals surface area contributed by atoms with Gasteiger partial charge in [-0.05, 0) is 30.3 Å². The van der Waals surface area contributed by atoms with Crippen molar-refractivity contribution in [1.29, 1.82) is 0 Å². The van der Waals surface area contributed by atoms with Crippen molar-refractivity contribution in [3.63, 3.8) is 0 Å². The monoisotopic (exact) mass is 286 g/mol. The number of pyridine rings is 1. The smallest absolute Gasteiger partial charge is 0.146 e. The number of aromatic nitrogens is 1. The van der Waals surface area contributed by atoms with E-state index in [-0.39, 0.29) is 10.8 Å². The summed E-state index contributed by atoms with van der Waals surface area (Å²) in [7, 11) is 0. The number of halogens is 2. The first-order valence-corrected chi connectivity index (χ1v) is 6.63. The minimum atomic E-state index is -0.371. The predicted octanol–water partition coefficient (Wildman–Crippen LogP) is 4.64. The van der Waals surface area contributed by atoms with Crippen LogP contribution in [0, 0.1) is 5.82 Å². The van der Waals surface area contributed by atoms with Crippen LogP contribution in [0.5, 0.6) is 0 Å². The van der Waals surface area contributed by atoms with Crippen molar-refractivity contribution in [2.75, 3.05) is 5.32 Å². The third kappa shape index (κ3) is 2.58. The fraction of sp³-hybridized carbons (Fsp3) is 0.0625. The topological polar surface area (TPSA) is 24.9 Å². The van der Waals surface area contributed by atoms with Gasteiger partial charge in [-0.2, -0.15) is 0 Å². The van der Waals surface area contributed by atoms with Crippen LogP contribution in [0.2, 0.25) is 5.02 Å². The summed E-state index contributed by atoms with van der Waals surface area (Å²) in [5.41, 5.74) is 2.40. The standard InChI is InChI=1S/C16H12ClFN2/c17-14-5-1-3-12(16(14)18)10-20-13-6-7-15-11(9-13)4-2-8-19-15/h1-9,20H,10H2. The van der Waals surface area contributed by atoms with Gasteiger partial charge in [-0.25, -0.2) is 4.39 Å². The highest BCUT2D eigenvalue weighted by molar-refractivity contribution is 6.30. The van der Waals surface area contributed by atoms with Crippen molar-refractivity contribution in [2.45, 2.75) is 6.54 Å². The highest BCUT2D eigenvalue weighted by atomic mass is 35.5. The summed E-state index contributed by atoms with van der Waals surface area (Å²) in [4.78, 5) is 4.26. The Labute approximate surface area is 121 Å². The van der Waals surface area contributed by atoms with Gasteiger partial charge >= 0.3 is 0 Å². The van der Waals surface area contributed by atoms with E-state index < -0.39 is 0 Å². The number of benzene rings is 2. The highest BCUT2D eigenvalue weighted by Gasteiger charge is 2.05. The van der Waals surface area contributed by atoms with Gasteiger partial charge in [0.05, 0.1) is 10.5 Å². The van der Waals surface area contributed by atoms with Crippen LogP contribution in [-0.4, -0.2) is 4.98 Å². The Hall–Kier alpha value is -2.13. The lowest BCUT2D eigenvalue weighted by Crippen LogP contribution is -2.02. The van der Waals surface area contributed by atoms with Crippen LogP contribution in [-0.2, 0) is 6.54 Å². The summed E-state index contributed by atoms with van der Waals surface area (Å²) >= 11 is 5.76. The Kier molecular flexibility index (Phi) is 3.52. The van der Waals surface area contributed by atoms with E-state index >= 15 is 0 Å². The lowest BCUT2D eigenvalue weighted by molar-refractivity contribution is 0.613. The minimum Gasteiger partial charge on any atom is -0.381 e. The fourth-order valence-corrected chi connectivity index (χ4v) is 2.26. The summed E-state index contributed by atoms with van der Waals surface area (Å²) in [5, 5.41) is 4.39. The normalized spacial score (nSPS) is 10.7. The van der Waals surface area contributed by atoms with E-state index in [4.69, 9.17) is 11.6 Å². The molecule has 0 saturated heterocycles. The van der Waals surface area contributed by atoms with Crippen molar-refractivity contribution in [2.24, 2.45) is 0 Å². The zero-order chi connectivity index (χ0) is 13.9. The maximum atomic E-state index is 13.8. The minimum absolute atomic E-state index is 0.145. The molecule has 1 heterocycles. The van der Waals surface area contributed by atoms with Crippen molar-refractivity contribution in [3.05, 3.63) is 71.1 Å². The Bertz CT molecular complexity index is 758. The summed E-state index contributed by atoms with van der Waals surface area (Å²) in [6, 6.07) is 14.7. The summed E-state index contributed by atoms with van der Waals surface area (Å²) in [6.45, 7) is 0.387. The summed E-state index contributed by atoms with van der Waals surface area (Å²) < 4.78 is 13.8. The van der Waals surface area contributed by atoms with Crippen molar-refractivity contribution in [3.8, 4) is 0 Å². The lowest BCUT2D eigenvalue weighted by Gasteiger charge is -2.09. The number of hydrogen-bond acceptors (Lipinski definition) is 2. The molecule has 1 N–H and O–H groups in total. The molecule has 0 saturated carbocycles. The molecule has 2 nitrogen and oxygen atoms in total. The van der Waals surface area contributed by atoms with Gasteiger partial charge in [-0.3, -0.25) is 4.98 Å². The van der Waals surface area contributed by atoms with Gasteiger partial charge in [0.25, 0.3) is 0 Å². The maximum absolute atomic E-state index is 13.8. The molecule has 100 valence electrons. The molecule has 0 bridgehead atoms. The molecule has 0 fully saturated rings. The number of nitrogens with zero attached hydrogens (tertiary/aromatic N) is 1. The highest BCUT2D eigenvalue weighted by Crippen LogP contribution is 2.21. The van der Waals surface area contributed by atoms with E-state index in [0.717, 1.165) is 16.6 Å². The predicted molar refractivity (Wildman–Crippen MR) is 80.5 cm³/mol. The molecule has 0 spiro atoms. The molecule has 0 amide bonds. The molecule has 20 heavy (non-hydrogen) atoms. The van der Waals surface area contributed by atoms with Gasteiger partial charge in [0, 0.05) is 29.4 Å². The molecule has 4 heteroatoms. The number of hydrogen-bond donors (Lipinski definition) is 1. The number of fused-ring (bicyclic) bond motifs is 1. The van der Waals surface area contributed by atoms with E-state index in [2.05, 4.69) is 10.3 Å². The molecular formula is C16H12ClFN2. The molecular weight excluding hydrogens is 275 g/mol. The lowest BCUT2D eigenvalue weighted by atomic mass is 10.1. The summed E-state index contributed by atoms with van der Waals surface area (Å²) in [5.74, 6) is -0.371. The fourth-order valence-electron chi connectivity index (χ4n) is 2.07. The quantitative estimate of drug-likeness (QED) is 0.759. The molecule has 0 radical (unpaired) electrons. The maximum Gasteiger partial charge on any atom is 0.146 e. The third-order valence-corrected chi connectivity index (χ3v) is 3.41. The Morgan fingerprint density at radius 2 is 2.00 bits per heavy atom. The second kappa shape index (κ2) is 5.47. The van der Waals surface area contributed by atoms with Crippen molar-refractivity contribution in [1.82, 2.24) is 4.98 Å².